The van der Waals surface area contributed by atoms with Crippen LogP contribution in [0.1, 0.15) is 24.0 Å². The summed E-state index contributed by atoms with van der Waals surface area (Å²) in [5.41, 5.74) is 1.47. The monoisotopic (exact) mass is 317 g/mol. The Bertz CT molecular complexity index is 694. The van der Waals surface area contributed by atoms with Crippen LogP contribution in [0.4, 0.5) is 4.39 Å². The number of rotatable bonds is 4. The zero-order valence-corrected chi connectivity index (χ0v) is 13.1. The number of likely N-dealkylation sites (N-methyl/N-ethyl adjacent to an activating group) is 1. The van der Waals surface area contributed by atoms with Crippen molar-refractivity contribution < 1.29 is 9.18 Å². The lowest BCUT2D eigenvalue weighted by molar-refractivity contribution is -0.133. The zero-order valence-electron chi connectivity index (χ0n) is 12.4. The Balaban J connectivity index is 1.77. The second kappa shape index (κ2) is 5.73. The molecule has 22 heavy (non-hydrogen) atoms. The molecule has 0 aromatic heterocycles. The molecule has 0 spiro atoms. The SMILES string of the molecule is CN(Cc1ccc(F)cc1)C(=O)C1(c2cccc(Cl)c2)CC1. The fraction of sp³-hybridized carbons (Fsp3) is 0.278. The maximum atomic E-state index is 12.9. The summed E-state index contributed by atoms with van der Waals surface area (Å²) in [6, 6.07) is 13.8. The molecule has 3 rings (SSSR count). The topological polar surface area (TPSA) is 20.3 Å². The highest BCUT2D eigenvalue weighted by molar-refractivity contribution is 6.30. The first-order valence-electron chi connectivity index (χ1n) is 7.27. The van der Waals surface area contributed by atoms with Gasteiger partial charge in [0, 0.05) is 18.6 Å². The first-order valence-corrected chi connectivity index (χ1v) is 7.65. The molecule has 2 nitrogen and oxygen atoms in total. The molecule has 0 radical (unpaired) electrons. The molecule has 0 unspecified atom stereocenters. The molecular formula is C18H17ClFNO. The number of hydrogen-bond donors (Lipinski definition) is 0. The second-order valence-electron chi connectivity index (χ2n) is 5.88. The van der Waals surface area contributed by atoms with E-state index in [0.717, 1.165) is 24.0 Å². The molecule has 1 aliphatic carbocycles. The summed E-state index contributed by atoms with van der Waals surface area (Å²) in [6.07, 6.45) is 1.69. The smallest absolute Gasteiger partial charge is 0.233 e. The van der Waals surface area contributed by atoms with Crippen molar-refractivity contribution in [1.82, 2.24) is 4.90 Å². The molecule has 0 N–H and O–H groups in total. The zero-order chi connectivity index (χ0) is 15.7. The fourth-order valence-electron chi connectivity index (χ4n) is 2.84. The van der Waals surface area contributed by atoms with Gasteiger partial charge >= 0.3 is 0 Å². The van der Waals surface area contributed by atoms with Crippen LogP contribution in [0.25, 0.3) is 0 Å². The van der Waals surface area contributed by atoms with Crippen molar-refractivity contribution in [2.45, 2.75) is 24.8 Å². The van der Waals surface area contributed by atoms with Gasteiger partial charge in [-0.05, 0) is 48.2 Å². The number of carbonyl (C=O) groups is 1. The van der Waals surface area contributed by atoms with Gasteiger partial charge in [0.15, 0.2) is 0 Å². The normalized spacial score (nSPS) is 15.4. The lowest BCUT2D eigenvalue weighted by atomic mass is 9.94. The first kappa shape index (κ1) is 15.0. The summed E-state index contributed by atoms with van der Waals surface area (Å²) in [5.74, 6) is -0.172. The van der Waals surface area contributed by atoms with E-state index in [-0.39, 0.29) is 11.7 Å². The van der Waals surface area contributed by atoms with E-state index in [1.807, 2.05) is 24.3 Å². The Labute approximate surface area is 134 Å². The number of benzene rings is 2. The van der Waals surface area contributed by atoms with Crippen LogP contribution in [0.2, 0.25) is 5.02 Å². The number of amides is 1. The van der Waals surface area contributed by atoms with Crippen LogP contribution in [-0.2, 0) is 16.8 Å². The number of hydrogen-bond acceptors (Lipinski definition) is 1. The summed E-state index contributed by atoms with van der Waals surface area (Å²) in [7, 11) is 1.79. The van der Waals surface area contributed by atoms with Gasteiger partial charge in [0.25, 0.3) is 0 Å². The highest BCUT2D eigenvalue weighted by atomic mass is 35.5. The first-order chi connectivity index (χ1) is 10.5. The average molecular weight is 318 g/mol. The molecule has 114 valence electrons. The van der Waals surface area contributed by atoms with E-state index in [1.54, 1.807) is 24.1 Å². The van der Waals surface area contributed by atoms with E-state index in [1.165, 1.54) is 12.1 Å². The van der Waals surface area contributed by atoms with Crippen LogP contribution >= 0.6 is 11.6 Å². The summed E-state index contributed by atoms with van der Waals surface area (Å²) in [5, 5.41) is 0.651. The van der Waals surface area contributed by atoms with Gasteiger partial charge in [-0.2, -0.15) is 0 Å². The average Bonchev–Trinajstić information content (AvgIpc) is 3.30. The van der Waals surface area contributed by atoms with Gasteiger partial charge in [0.05, 0.1) is 5.41 Å². The molecule has 1 saturated carbocycles. The quantitative estimate of drug-likeness (QED) is 0.829. The summed E-state index contributed by atoms with van der Waals surface area (Å²) >= 11 is 6.05. The summed E-state index contributed by atoms with van der Waals surface area (Å²) < 4.78 is 12.9. The minimum absolute atomic E-state index is 0.0964. The highest BCUT2D eigenvalue weighted by Gasteiger charge is 2.52. The molecular weight excluding hydrogens is 301 g/mol. The van der Waals surface area contributed by atoms with E-state index in [2.05, 4.69) is 0 Å². The molecule has 4 heteroatoms. The Kier molecular flexibility index (Phi) is 3.92. The summed E-state index contributed by atoms with van der Waals surface area (Å²) in [6.45, 7) is 0.474. The van der Waals surface area contributed by atoms with Gasteiger partial charge in [-0.3, -0.25) is 4.79 Å². The molecule has 0 bridgehead atoms. The minimum atomic E-state index is -0.431. The van der Waals surface area contributed by atoms with Gasteiger partial charge in [0.1, 0.15) is 5.82 Å². The fourth-order valence-corrected chi connectivity index (χ4v) is 3.03. The van der Waals surface area contributed by atoms with Gasteiger partial charge in [0.2, 0.25) is 5.91 Å². The molecule has 2 aromatic carbocycles. The van der Waals surface area contributed by atoms with Crippen molar-refractivity contribution in [1.29, 1.82) is 0 Å². The second-order valence-corrected chi connectivity index (χ2v) is 6.32. The van der Waals surface area contributed by atoms with Crippen molar-refractivity contribution in [2.24, 2.45) is 0 Å². The van der Waals surface area contributed by atoms with E-state index in [0.29, 0.717) is 11.6 Å². The van der Waals surface area contributed by atoms with Crippen molar-refractivity contribution >= 4 is 17.5 Å². The number of carbonyl (C=O) groups excluding carboxylic acids is 1. The van der Waals surface area contributed by atoms with Crippen LogP contribution in [-0.4, -0.2) is 17.9 Å². The van der Waals surface area contributed by atoms with E-state index in [4.69, 9.17) is 11.6 Å². The van der Waals surface area contributed by atoms with Crippen molar-refractivity contribution in [3.05, 3.63) is 70.5 Å². The predicted molar refractivity (Wildman–Crippen MR) is 85.2 cm³/mol. The molecule has 1 aliphatic rings. The third kappa shape index (κ3) is 2.86. The predicted octanol–water partition coefficient (Wildman–Crippen LogP) is 4.17. The molecule has 0 saturated heterocycles. The third-order valence-electron chi connectivity index (χ3n) is 4.22. The van der Waals surface area contributed by atoms with Crippen LogP contribution in [0.5, 0.6) is 0 Å². The maximum Gasteiger partial charge on any atom is 0.233 e. The van der Waals surface area contributed by atoms with Crippen LogP contribution in [0, 0.1) is 5.82 Å². The van der Waals surface area contributed by atoms with E-state index < -0.39 is 5.41 Å². The maximum absolute atomic E-state index is 12.9. The highest BCUT2D eigenvalue weighted by Crippen LogP contribution is 2.50. The van der Waals surface area contributed by atoms with E-state index >= 15 is 0 Å². The molecule has 1 amide bonds. The standard InChI is InChI=1S/C18H17ClFNO/c1-21(12-13-5-7-16(20)8-6-13)17(22)18(9-10-18)14-3-2-4-15(19)11-14/h2-8,11H,9-10,12H2,1H3. The molecule has 0 heterocycles. The minimum Gasteiger partial charge on any atom is -0.341 e. The van der Waals surface area contributed by atoms with E-state index in [9.17, 15) is 9.18 Å². The third-order valence-corrected chi connectivity index (χ3v) is 4.45. The van der Waals surface area contributed by atoms with Crippen molar-refractivity contribution in [2.75, 3.05) is 7.05 Å². The molecule has 0 atom stereocenters. The Morgan fingerprint density at radius 3 is 2.50 bits per heavy atom. The van der Waals surface area contributed by atoms with Gasteiger partial charge in [-0.25, -0.2) is 4.39 Å². The van der Waals surface area contributed by atoms with Gasteiger partial charge in [-0.1, -0.05) is 35.9 Å². The number of nitrogens with zero attached hydrogens (tertiary/aromatic N) is 1. The number of halogens is 2. The van der Waals surface area contributed by atoms with Gasteiger partial charge in [-0.15, -0.1) is 0 Å². The lowest BCUT2D eigenvalue weighted by Gasteiger charge is -2.24. The Hall–Kier alpha value is -1.87. The Morgan fingerprint density at radius 2 is 1.91 bits per heavy atom. The van der Waals surface area contributed by atoms with Crippen LogP contribution < -0.4 is 0 Å². The summed E-state index contributed by atoms with van der Waals surface area (Å²) in [4.78, 5) is 14.5. The van der Waals surface area contributed by atoms with Gasteiger partial charge < -0.3 is 4.90 Å². The molecule has 0 aliphatic heterocycles. The largest absolute Gasteiger partial charge is 0.341 e. The van der Waals surface area contributed by atoms with Crippen molar-refractivity contribution in [3.63, 3.8) is 0 Å². The van der Waals surface area contributed by atoms with Crippen LogP contribution in [0.15, 0.2) is 48.5 Å². The Morgan fingerprint density at radius 1 is 1.23 bits per heavy atom. The van der Waals surface area contributed by atoms with Crippen LogP contribution in [0.3, 0.4) is 0 Å². The van der Waals surface area contributed by atoms with Crippen molar-refractivity contribution in [3.8, 4) is 0 Å². The molecule has 2 aromatic rings. The lowest BCUT2D eigenvalue weighted by Crippen LogP contribution is -2.36. The molecule has 1 fully saturated rings.